The van der Waals surface area contributed by atoms with E-state index in [0.717, 1.165) is 22.2 Å². The van der Waals surface area contributed by atoms with Gasteiger partial charge in [0.2, 0.25) is 0 Å². The van der Waals surface area contributed by atoms with Crippen LogP contribution in [0.15, 0.2) is 71.9 Å². The number of hydrogen-bond acceptors (Lipinski definition) is 3. The highest BCUT2D eigenvalue weighted by Gasteiger charge is 2.16. The number of aromatic amines is 1. The van der Waals surface area contributed by atoms with Crippen molar-refractivity contribution in [3.05, 3.63) is 99.9 Å². The maximum Gasteiger partial charge on any atom is 0.263 e. The van der Waals surface area contributed by atoms with Crippen LogP contribution < -0.4 is 10.9 Å². The lowest BCUT2D eigenvalue weighted by atomic mass is 10.1. The van der Waals surface area contributed by atoms with E-state index in [1.54, 1.807) is 23.9 Å². The predicted molar refractivity (Wildman–Crippen MR) is 118 cm³/mol. The Hall–Kier alpha value is -3.67. The minimum absolute atomic E-state index is 0.206. The van der Waals surface area contributed by atoms with Gasteiger partial charge in [0.25, 0.3) is 11.5 Å². The Bertz CT molecular complexity index is 1220. The molecule has 0 saturated carbocycles. The Morgan fingerprint density at radius 1 is 1.10 bits per heavy atom. The quantitative estimate of drug-likeness (QED) is 0.500. The second-order valence-electron chi connectivity index (χ2n) is 7.31. The number of pyridine rings is 2. The van der Waals surface area contributed by atoms with Crippen molar-refractivity contribution in [2.24, 2.45) is 0 Å². The molecular weight excluding hydrogens is 376 g/mol. The summed E-state index contributed by atoms with van der Waals surface area (Å²) in [6.45, 7) is 2.73. The van der Waals surface area contributed by atoms with Crippen LogP contribution in [-0.2, 0) is 19.4 Å². The number of carbonyl (C=O) groups is 1. The third-order valence-corrected chi connectivity index (χ3v) is 5.29. The topological polar surface area (TPSA) is 79.8 Å². The normalized spacial score (nSPS) is 11.0. The molecule has 0 saturated heterocycles. The molecule has 0 unspecified atom stereocenters. The highest BCUT2D eigenvalue weighted by molar-refractivity contribution is 5.95. The molecule has 3 aromatic heterocycles. The number of rotatable bonds is 7. The van der Waals surface area contributed by atoms with Gasteiger partial charge in [0, 0.05) is 54.7 Å². The number of nitrogens with zero attached hydrogens (tertiary/aromatic N) is 2. The Morgan fingerprint density at radius 3 is 2.77 bits per heavy atom. The van der Waals surface area contributed by atoms with Gasteiger partial charge in [-0.3, -0.25) is 14.6 Å². The van der Waals surface area contributed by atoms with Crippen LogP contribution in [-0.4, -0.2) is 27.0 Å². The average molecular weight is 400 g/mol. The molecule has 6 heteroatoms. The fourth-order valence-electron chi connectivity index (χ4n) is 3.64. The Morgan fingerprint density at radius 2 is 1.93 bits per heavy atom. The summed E-state index contributed by atoms with van der Waals surface area (Å²) in [6.07, 6.45) is 6.79. The van der Waals surface area contributed by atoms with Crippen LogP contribution in [0.1, 0.15) is 27.2 Å². The van der Waals surface area contributed by atoms with Crippen LogP contribution in [0, 0.1) is 6.92 Å². The van der Waals surface area contributed by atoms with Crippen molar-refractivity contribution in [2.45, 2.75) is 26.3 Å². The molecule has 30 heavy (non-hydrogen) atoms. The average Bonchev–Trinajstić information content (AvgIpc) is 3.17. The minimum atomic E-state index is -0.338. The van der Waals surface area contributed by atoms with E-state index in [2.05, 4.69) is 21.4 Å². The molecule has 0 radical (unpaired) electrons. The highest BCUT2D eigenvalue weighted by atomic mass is 16.2. The van der Waals surface area contributed by atoms with E-state index in [1.807, 2.05) is 48.7 Å². The minimum Gasteiger partial charge on any atom is -0.361 e. The summed E-state index contributed by atoms with van der Waals surface area (Å²) < 4.78 is 1.61. The predicted octanol–water partition coefficient (Wildman–Crippen LogP) is 3.25. The second kappa shape index (κ2) is 8.78. The number of para-hydroxylation sites is 1. The first-order valence-electron chi connectivity index (χ1n) is 10.1. The molecule has 0 spiro atoms. The van der Waals surface area contributed by atoms with Crippen LogP contribution in [0.25, 0.3) is 10.9 Å². The van der Waals surface area contributed by atoms with Crippen LogP contribution in [0.4, 0.5) is 0 Å². The number of hydrogen-bond donors (Lipinski definition) is 2. The van der Waals surface area contributed by atoms with Crippen molar-refractivity contribution < 1.29 is 4.79 Å². The molecule has 1 aromatic carbocycles. The monoisotopic (exact) mass is 400 g/mol. The molecule has 1 amide bonds. The number of amides is 1. The number of carbonyl (C=O) groups excluding carboxylic acids is 1. The summed E-state index contributed by atoms with van der Waals surface area (Å²) in [4.78, 5) is 33.2. The summed E-state index contributed by atoms with van der Waals surface area (Å²) in [5.41, 5.74) is 3.76. The van der Waals surface area contributed by atoms with Crippen LogP contribution >= 0.6 is 0 Å². The van der Waals surface area contributed by atoms with E-state index in [0.29, 0.717) is 31.5 Å². The Labute approximate surface area is 174 Å². The van der Waals surface area contributed by atoms with Gasteiger partial charge in [-0.05, 0) is 48.7 Å². The zero-order valence-electron chi connectivity index (χ0n) is 16.9. The van der Waals surface area contributed by atoms with E-state index < -0.39 is 0 Å². The molecule has 6 nitrogen and oxygen atoms in total. The molecule has 0 bridgehead atoms. The first-order chi connectivity index (χ1) is 14.6. The molecule has 4 aromatic rings. The van der Waals surface area contributed by atoms with E-state index in [9.17, 15) is 9.59 Å². The van der Waals surface area contributed by atoms with Gasteiger partial charge < -0.3 is 14.9 Å². The van der Waals surface area contributed by atoms with Crippen molar-refractivity contribution >= 4 is 16.8 Å². The smallest absolute Gasteiger partial charge is 0.263 e. The van der Waals surface area contributed by atoms with Gasteiger partial charge in [0.05, 0.1) is 0 Å². The molecular formula is C24H24N4O2. The molecule has 0 fully saturated rings. The molecule has 0 atom stereocenters. The van der Waals surface area contributed by atoms with Crippen LogP contribution in [0.3, 0.4) is 0 Å². The van der Waals surface area contributed by atoms with E-state index in [4.69, 9.17) is 0 Å². The largest absolute Gasteiger partial charge is 0.361 e. The lowest BCUT2D eigenvalue weighted by Gasteiger charge is -2.11. The van der Waals surface area contributed by atoms with Crippen molar-refractivity contribution in [1.29, 1.82) is 0 Å². The third kappa shape index (κ3) is 4.17. The second-order valence-corrected chi connectivity index (χ2v) is 7.31. The van der Waals surface area contributed by atoms with Crippen molar-refractivity contribution in [2.75, 3.05) is 6.54 Å². The maximum absolute atomic E-state index is 13.0. The molecule has 0 aliphatic rings. The maximum atomic E-state index is 13.0. The zero-order valence-corrected chi connectivity index (χ0v) is 16.9. The number of benzene rings is 1. The van der Waals surface area contributed by atoms with Gasteiger partial charge in [0.15, 0.2) is 0 Å². The highest BCUT2D eigenvalue weighted by Crippen LogP contribution is 2.18. The lowest BCUT2D eigenvalue weighted by Crippen LogP contribution is -2.35. The number of nitrogens with one attached hydrogen (secondary N) is 2. The van der Waals surface area contributed by atoms with Crippen molar-refractivity contribution in [3.8, 4) is 0 Å². The number of aromatic nitrogens is 3. The first kappa shape index (κ1) is 19.6. The lowest BCUT2D eigenvalue weighted by molar-refractivity contribution is 0.0951. The summed E-state index contributed by atoms with van der Waals surface area (Å²) >= 11 is 0. The summed E-state index contributed by atoms with van der Waals surface area (Å²) in [5, 5.41) is 4.01. The summed E-state index contributed by atoms with van der Waals surface area (Å²) in [7, 11) is 0. The SMILES string of the molecule is Cc1ccn(CCc2c[nH]c3ccccc23)c(=O)c1C(=O)NCCc1ccccn1. The van der Waals surface area contributed by atoms with E-state index >= 15 is 0 Å². The zero-order chi connectivity index (χ0) is 20.9. The van der Waals surface area contributed by atoms with E-state index in [-0.39, 0.29) is 17.0 Å². The molecule has 2 N–H and O–H groups in total. The first-order valence-corrected chi connectivity index (χ1v) is 10.1. The number of H-pyrrole nitrogens is 1. The number of aryl methyl sites for hydroxylation is 3. The van der Waals surface area contributed by atoms with Gasteiger partial charge in [-0.15, -0.1) is 0 Å². The summed E-state index contributed by atoms with van der Waals surface area (Å²) in [5.74, 6) is -0.338. The van der Waals surface area contributed by atoms with Gasteiger partial charge in [-0.25, -0.2) is 0 Å². The molecule has 0 aliphatic heterocycles. The molecule has 3 heterocycles. The summed E-state index contributed by atoms with van der Waals surface area (Å²) in [6, 6.07) is 15.6. The number of fused-ring (bicyclic) bond motifs is 1. The molecule has 0 aliphatic carbocycles. The van der Waals surface area contributed by atoms with Gasteiger partial charge >= 0.3 is 0 Å². The van der Waals surface area contributed by atoms with E-state index in [1.165, 1.54) is 0 Å². The van der Waals surface area contributed by atoms with Gasteiger partial charge in [0.1, 0.15) is 5.56 Å². The Kier molecular flexibility index (Phi) is 5.75. The van der Waals surface area contributed by atoms with Crippen molar-refractivity contribution in [1.82, 2.24) is 19.9 Å². The Balaban J connectivity index is 1.46. The van der Waals surface area contributed by atoms with Gasteiger partial charge in [-0.2, -0.15) is 0 Å². The molecule has 152 valence electrons. The standard InChI is InChI=1S/C24H24N4O2/c1-17-10-14-28(15-11-18-16-27-21-8-3-2-7-20(18)21)24(30)22(17)23(29)26-13-9-19-6-4-5-12-25-19/h2-8,10,12,14,16,27H,9,11,13,15H2,1H3,(H,26,29). The van der Waals surface area contributed by atoms with Crippen LogP contribution in [0.5, 0.6) is 0 Å². The molecule has 4 rings (SSSR count). The fraction of sp³-hybridized carbons (Fsp3) is 0.208. The fourth-order valence-corrected chi connectivity index (χ4v) is 3.64. The van der Waals surface area contributed by atoms with Crippen molar-refractivity contribution in [3.63, 3.8) is 0 Å². The third-order valence-electron chi connectivity index (χ3n) is 5.29. The van der Waals surface area contributed by atoms with Crippen LogP contribution in [0.2, 0.25) is 0 Å². The van der Waals surface area contributed by atoms with Gasteiger partial charge in [-0.1, -0.05) is 24.3 Å².